The summed E-state index contributed by atoms with van der Waals surface area (Å²) >= 11 is 1.48. The highest BCUT2D eigenvalue weighted by atomic mass is 32.1. The van der Waals surface area contributed by atoms with Crippen LogP contribution in [0.25, 0.3) is 0 Å². The van der Waals surface area contributed by atoms with Crippen molar-refractivity contribution >= 4 is 22.8 Å². The van der Waals surface area contributed by atoms with E-state index in [1.807, 2.05) is 18.4 Å². The SMILES string of the molecule is Cc1ccsc1C(=O)c1ccc(N)cc1. The fourth-order valence-electron chi connectivity index (χ4n) is 1.37. The van der Waals surface area contributed by atoms with E-state index in [-0.39, 0.29) is 5.78 Å². The molecule has 1 aromatic carbocycles. The first-order chi connectivity index (χ1) is 7.18. The topological polar surface area (TPSA) is 43.1 Å². The van der Waals surface area contributed by atoms with Crippen LogP contribution in [-0.4, -0.2) is 5.78 Å². The van der Waals surface area contributed by atoms with E-state index in [0.717, 1.165) is 10.4 Å². The van der Waals surface area contributed by atoms with Crippen molar-refractivity contribution in [3.63, 3.8) is 0 Å². The van der Waals surface area contributed by atoms with E-state index in [2.05, 4.69) is 0 Å². The second-order valence-corrected chi connectivity index (χ2v) is 4.30. The molecule has 1 aromatic heterocycles. The Hall–Kier alpha value is -1.61. The lowest BCUT2D eigenvalue weighted by atomic mass is 10.1. The smallest absolute Gasteiger partial charge is 0.203 e. The Kier molecular flexibility index (Phi) is 2.56. The molecular formula is C12H11NOS. The van der Waals surface area contributed by atoms with E-state index < -0.39 is 0 Å². The summed E-state index contributed by atoms with van der Waals surface area (Å²) in [5.41, 5.74) is 7.96. The van der Waals surface area contributed by atoms with Crippen LogP contribution in [0.2, 0.25) is 0 Å². The van der Waals surface area contributed by atoms with Crippen molar-refractivity contribution in [2.45, 2.75) is 6.92 Å². The zero-order valence-electron chi connectivity index (χ0n) is 8.36. The summed E-state index contributed by atoms with van der Waals surface area (Å²) in [6.07, 6.45) is 0. The molecule has 2 nitrogen and oxygen atoms in total. The number of anilines is 1. The summed E-state index contributed by atoms with van der Waals surface area (Å²) in [6, 6.07) is 8.97. The molecule has 2 aromatic rings. The molecule has 2 N–H and O–H groups in total. The van der Waals surface area contributed by atoms with Crippen LogP contribution >= 0.6 is 11.3 Å². The van der Waals surface area contributed by atoms with Gasteiger partial charge < -0.3 is 5.73 Å². The minimum Gasteiger partial charge on any atom is -0.399 e. The Balaban J connectivity index is 2.37. The number of nitrogen functional groups attached to an aromatic ring is 1. The van der Waals surface area contributed by atoms with Crippen LogP contribution in [0, 0.1) is 6.92 Å². The fourth-order valence-corrected chi connectivity index (χ4v) is 2.26. The van der Waals surface area contributed by atoms with E-state index in [9.17, 15) is 4.79 Å². The lowest BCUT2D eigenvalue weighted by molar-refractivity contribution is 0.104. The number of carbonyl (C=O) groups is 1. The van der Waals surface area contributed by atoms with Crippen molar-refractivity contribution in [2.24, 2.45) is 0 Å². The van der Waals surface area contributed by atoms with E-state index in [4.69, 9.17) is 5.73 Å². The molecule has 0 aliphatic rings. The van der Waals surface area contributed by atoms with Gasteiger partial charge in [0.15, 0.2) is 0 Å². The Morgan fingerprint density at radius 3 is 2.40 bits per heavy atom. The van der Waals surface area contributed by atoms with Crippen LogP contribution in [0.5, 0.6) is 0 Å². The predicted molar refractivity (Wildman–Crippen MR) is 63.3 cm³/mol. The standard InChI is InChI=1S/C12H11NOS/c1-8-6-7-15-12(8)11(14)9-2-4-10(13)5-3-9/h2-7H,13H2,1H3. The van der Waals surface area contributed by atoms with Crippen LogP contribution in [-0.2, 0) is 0 Å². The fraction of sp³-hybridized carbons (Fsp3) is 0.0833. The molecule has 0 atom stereocenters. The molecule has 15 heavy (non-hydrogen) atoms. The van der Waals surface area contributed by atoms with Gasteiger partial charge in [-0.05, 0) is 48.2 Å². The number of carbonyl (C=O) groups excluding carboxylic acids is 1. The summed E-state index contributed by atoms with van der Waals surface area (Å²) in [7, 11) is 0. The monoisotopic (exact) mass is 217 g/mol. The Labute approximate surface area is 92.4 Å². The van der Waals surface area contributed by atoms with Crippen molar-refractivity contribution in [3.8, 4) is 0 Å². The molecule has 2 rings (SSSR count). The number of hydrogen-bond acceptors (Lipinski definition) is 3. The minimum atomic E-state index is 0.0718. The van der Waals surface area contributed by atoms with Crippen LogP contribution in [0.15, 0.2) is 35.7 Å². The van der Waals surface area contributed by atoms with Crippen LogP contribution in [0.4, 0.5) is 5.69 Å². The third-order valence-electron chi connectivity index (χ3n) is 2.24. The van der Waals surface area contributed by atoms with E-state index in [0.29, 0.717) is 11.3 Å². The maximum atomic E-state index is 12.0. The molecule has 0 aliphatic carbocycles. The van der Waals surface area contributed by atoms with Crippen molar-refractivity contribution in [3.05, 3.63) is 51.7 Å². The average Bonchev–Trinajstić information content (AvgIpc) is 2.65. The van der Waals surface area contributed by atoms with E-state index >= 15 is 0 Å². The van der Waals surface area contributed by atoms with Gasteiger partial charge in [0, 0.05) is 11.3 Å². The molecule has 1 heterocycles. The highest BCUT2D eigenvalue weighted by Gasteiger charge is 2.12. The molecule has 0 aliphatic heterocycles. The largest absolute Gasteiger partial charge is 0.399 e. The third-order valence-corrected chi connectivity index (χ3v) is 3.26. The predicted octanol–water partition coefficient (Wildman–Crippen LogP) is 2.87. The molecule has 0 saturated carbocycles. The quantitative estimate of drug-likeness (QED) is 0.621. The number of rotatable bonds is 2. The van der Waals surface area contributed by atoms with Crippen molar-refractivity contribution in [2.75, 3.05) is 5.73 Å². The number of nitrogens with two attached hydrogens (primary N) is 1. The number of aryl methyl sites for hydroxylation is 1. The molecular weight excluding hydrogens is 206 g/mol. The van der Waals surface area contributed by atoms with Crippen LogP contribution in [0.3, 0.4) is 0 Å². The lowest BCUT2D eigenvalue weighted by Crippen LogP contribution is -2.00. The molecule has 3 heteroatoms. The van der Waals surface area contributed by atoms with Gasteiger partial charge in [0.25, 0.3) is 0 Å². The molecule has 0 saturated heterocycles. The maximum absolute atomic E-state index is 12.0. The first-order valence-corrected chi connectivity index (χ1v) is 5.51. The second-order valence-electron chi connectivity index (χ2n) is 3.38. The zero-order valence-corrected chi connectivity index (χ0v) is 9.17. The molecule has 0 unspecified atom stereocenters. The van der Waals surface area contributed by atoms with Crippen molar-refractivity contribution < 1.29 is 4.79 Å². The highest BCUT2D eigenvalue weighted by molar-refractivity contribution is 7.12. The molecule has 0 spiro atoms. The number of benzene rings is 1. The molecule has 76 valence electrons. The van der Waals surface area contributed by atoms with E-state index in [1.54, 1.807) is 24.3 Å². The van der Waals surface area contributed by atoms with Gasteiger partial charge in [-0.3, -0.25) is 4.79 Å². The number of thiophene rings is 1. The van der Waals surface area contributed by atoms with Crippen LogP contribution < -0.4 is 5.73 Å². The molecule has 0 radical (unpaired) electrons. The first kappa shape index (κ1) is 9.93. The minimum absolute atomic E-state index is 0.0718. The van der Waals surface area contributed by atoms with Gasteiger partial charge in [0.05, 0.1) is 4.88 Å². The molecule has 0 bridgehead atoms. The van der Waals surface area contributed by atoms with Crippen LogP contribution in [0.1, 0.15) is 20.8 Å². The van der Waals surface area contributed by atoms with Gasteiger partial charge in [0.2, 0.25) is 5.78 Å². The molecule has 0 amide bonds. The van der Waals surface area contributed by atoms with Crippen molar-refractivity contribution in [1.82, 2.24) is 0 Å². The molecule has 0 fully saturated rings. The van der Waals surface area contributed by atoms with Gasteiger partial charge in [-0.2, -0.15) is 0 Å². The Morgan fingerprint density at radius 2 is 1.87 bits per heavy atom. The summed E-state index contributed by atoms with van der Waals surface area (Å²) in [4.78, 5) is 12.8. The number of ketones is 1. The lowest BCUT2D eigenvalue weighted by Gasteiger charge is -2.00. The normalized spacial score (nSPS) is 10.2. The van der Waals surface area contributed by atoms with Gasteiger partial charge in [-0.25, -0.2) is 0 Å². The van der Waals surface area contributed by atoms with Gasteiger partial charge in [0.1, 0.15) is 0 Å². The van der Waals surface area contributed by atoms with Gasteiger partial charge in [-0.1, -0.05) is 0 Å². The third kappa shape index (κ3) is 1.92. The highest BCUT2D eigenvalue weighted by Crippen LogP contribution is 2.20. The first-order valence-electron chi connectivity index (χ1n) is 4.63. The maximum Gasteiger partial charge on any atom is 0.203 e. The Morgan fingerprint density at radius 1 is 1.20 bits per heavy atom. The number of hydrogen-bond donors (Lipinski definition) is 1. The zero-order chi connectivity index (χ0) is 10.8. The van der Waals surface area contributed by atoms with Gasteiger partial charge >= 0.3 is 0 Å². The summed E-state index contributed by atoms with van der Waals surface area (Å²) in [6.45, 7) is 1.95. The Bertz CT molecular complexity index is 485. The van der Waals surface area contributed by atoms with E-state index in [1.165, 1.54) is 11.3 Å². The summed E-state index contributed by atoms with van der Waals surface area (Å²) in [5.74, 6) is 0.0718. The van der Waals surface area contributed by atoms with Gasteiger partial charge in [-0.15, -0.1) is 11.3 Å². The summed E-state index contributed by atoms with van der Waals surface area (Å²) in [5, 5.41) is 1.93. The average molecular weight is 217 g/mol. The second kappa shape index (κ2) is 3.87. The van der Waals surface area contributed by atoms with Crippen molar-refractivity contribution in [1.29, 1.82) is 0 Å². The summed E-state index contributed by atoms with van der Waals surface area (Å²) < 4.78 is 0.